The van der Waals surface area contributed by atoms with Crippen LogP contribution in [0.25, 0.3) is 0 Å². The standard InChI is InChI=1S/C17H22N4O4/c22-16(14-4-2-1-3-5-14)12-15-13-25-11-10-19(15)8-9-20-7-6-17(18-20)21(23)24/h1-7,15-16,22H,8-13H2. The molecule has 0 bridgehead atoms. The van der Waals surface area contributed by atoms with E-state index in [2.05, 4.69) is 10.00 Å². The molecule has 1 saturated heterocycles. The first-order chi connectivity index (χ1) is 12.1. The zero-order valence-corrected chi connectivity index (χ0v) is 13.9. The van der Waals surface area contributed by atoms with E-state index in [1.807, 2.05) is 30.3 Å². The van der Waals surface area contributed by atoms with Crippen LogP contribution in [0.5, 0.6) is 0 Å². The summed E-state index contributed by atoms with van der Waals surface area (Å²) in [5, 5.41) is 25.1. The highest BCUT2D eigenvalue weighted by Crippen LogP contribution is 2.22. The second-order valence-corrected chi connectivity index (χ2v) is 6.12. The monoisotopic (exact) mass is 346 g/mol. The lowest BCUT2D eigenvalue weighted by Gasteiger charge is -2.36. The summed E-state index contributed by atoms with van der Waals surface area (Å²) in [6.07, 6.45) is 1.66. The normalized spacial score (nSPS) is 19.6. The predicted molar refractivity (Wildman–Crippen MR) is 91.1 cm³/mol. The molecular weight excluding hydrogens is 324 g/mol. The van der Waals surface area contributed by atoms with Gasteiger partial charge in [0.15, 0.2) is 0 Å². The van der Waals surface area contributed by atoms with E-state index in [9.17, 15) is 15.2 Å². The summed E-state index contributed by atoms with van der Waals surface area (Å²) in [7, 11) is 0. The van der Waals surface area contributed by atoms with Crippen LogP contribution in [0.15, 0.2) is 42.6 Å². The zero-order chi connectivity index (χ0) is 17.6. The Bertz CT molecular complexity index is 691. The van der Waals surface area contributed by atoms with Crippen molar-refractivity contribution in [3.63, 3.8) is 0 Å². The third-order valence-corrected chi connectivity index (χ3v) is 4.46. The SMILES string of the molecule is O=[N+]([O-])c1ccn(CCN2CCOCC2CC(O)c2ccccc2)n1. The number of aliphatic hydroxyl groups excluding tert-OH is 1. The maximum absolute atomic E-state index is 10.7. The molecule has 0 amide bonds. The van der Waals surface area contributed by atoms with Crippen molar-refractivity contribution in [2.24, 2.45) is 0 Å². The summed E-state index contributed by atoms with van der Waals surface area (Å²) in [6, 6.07) is 11.1. The Hall–Kier alpha value is -2.29. The van der Waals surface area contributed by atoms with Crippen LogP contribution in [0.4, 0.5) is 5.82 Å². The number of rotatable bonds is 7. The van der Waals surface area contributed by atoms with Crippen molar-refractivity contribution in [2.45, 2.75) is 25.1 Å². The Morgan fingerprint density at radius 3 is 2.84 bits per heavy atom. The molecule has 0 radical (unpaired) electrons. The highest BCUT2D eigenvalue weighted by atomic mass is 16.6. The van der Waals surface area contributed by atoms with E-state index >= 15 is 0 Å². The minimum absolute atomic E-state index is 0.106. The average molecular weight is 346 g/mol. The van der Waals surface area contributed by atoms with Crippen LogP contribution >= 0.6 is 0 Å². The Labute approximate surface area is 145 Å². The number of nitro groups is 1. The lowest BCUT2D eigenvalue weighted by atomic mass is 10.0. The quantitative estimate of drug-likeness (QED) is 0.605. The molecule has 0 spiro atoms. The van der Waals surface area contributed by atoms with Crippen LogP contribution in [0.1, 0.15) is 18.1 Å². The molecule has 0 saturated carbocycles. The Balaban J connectivity index is 1.57. The third kappa shape index (κ3) is 4.62. The summed E-state index contributed by atoms with van der Waals surface area (Å²) in [4.78, 5) is 12.5. The van der Waals surface area contributed by atoms with Crippen molar-refractivity contribution < 1.29 is 14.8 Å². The molecular formula is C17H22N4O4. The van der Waals surface area contributed by atoms with Gasteiger partial charge < -0.3 is 20.0 Å². The number of nitrogens with zero attached hydrogens (tertiary/aromatic N) is 4. The van der Waals surface area contributed by atoms with Gasteiger partial charge in [-0.25, -0.2) is 0 Å². The van der Waals surface area contributed by atoms with Crippen LogP contribution in [-0.2, 0) is 11.3 Å². The molecule has 2 atom stereocenters. The second-order valence-electron chi connectivity index (χ2n) is 6.12. The minimum Gasteiger partial charge on any atom is -0.388 e. The van der Waals surface area contributed by atoms with Gasteiger partial charge in [-0.3, -0.25) is 4.90 Å². The van der Waals surface area contributed by atoms with Crippen molar-refractivity contribution in [2.75, 3.05) is 26.3 Å². The van der Waals surface area contributed by atoms with E-state index in [0.717, 1.165) is 12.1 Å². The number of aromatic nitrogens is 2. The van der Waals surface area contributed by atoms with E-state index in [4.69, 9.17) is 4.74 Å². The van der Waals surface area contributed by atoms with Crippen molar-refractivity contribution in [1.82, 2.24) is 14.7 Å². The highest BCUT2D eigenvalue weighted by Gasteiger charge is 2.26. The Morgan fingerprint density at radius 1 is 1.32 bits per heavy atom. The van der Waals surface area contributed by atoms with Crippen LogP contribution in [0.2, 0.25) is 0 Å². The first-order valence-electron chi connectivity index (χ1n) is 8.36. The number of aliphatic hydroxyl groups is 1. The molecule has 0 aliphatic carbocycles. The van der Waals surface area contributed by atoms with Gasteiger partial charge >= 0.3 is 5.82 Å². The van der Waals surface area contributed by atoms with Gasteiger partial charge in [0, 0.05) is 19.1 Å². The fraction of sp³-hybridized carbons (Fsp3) is 0.471. The molecule has 2 unspecified atom stereocenters. The van der Waals surface area contributed by atoms with Gasteiger partial charge in [-0.05, 0) is 16.9 Å². The summed E-state index contributed by atoms with van der Waals surface area (Å²) in [5.41, 5.74) is 0.899. The van der Waals surface area contributed by atoms with Crippen LogP contribution in [-0.4, -0.2) is 57.1 Å². The van der Waals surface area contributed by atoms with Gasteiger partial charge in [-0.1, -0.05) is 30.3 Å². The maximum Gasteiger partial charge on any atom is 0.389 e. The largest absolute Gasteiger partial charge is 0.389 e. The van der Waals surface area contributed by atoms with E-state index in [1.54, 1.807) is 10.9 Å². The maximum atomic E-state index is 10.7. The predicted octanol–water partition coefficient (Wildman–Crippen LogP) is 1.62. The third-order valence-electron chi connectivity index (χ3n) is 4.46. The number of hydrogen-bond acceptors (Lipinski definition) is 6. The molecule has 2 aromatic rings. The van der Waals surface area contributed by atoms with Gasteiger partial charge in [0.05, 0.1) is 43.2 Å². The lowest BCUT2D eigenvalue weighted by Crippen LogP contribution is -2.47. The van der Waals surface area contributed by atoms with Crippen LogP contribution < -0.4 is 0 Å². The summed E-state index contributed by atoms with van der Waals surface area (Å²) in [5.74, 6) is -0.141. The smallest absolute Gasteiger partial charge is 0.388 e. The second kappa shape index (κ2) is 8.19. The van der Waals surface area contributed by atoms with E-state index in [1.165, 1.54) is 6.07 Å². The molecule has 8 heteroatoms. The number of ether oxygens (including phenoxy) is 1. The number of hydrogen-bond donors (Lipinski definition) is 1. The van der Waals surface area contributed by atoms with Crippen LogP contribution in [0, 0.1) is 10.1 Å². The molecule has 134 valence electrons. The van der Waals surface area contributed by atoms with Crippen molar-refractivity contribution in [1.29, 1.82) is 0 Å². The summed E-state index contributed by atoms with van der Waals surface area (Å²) in [6.45, 7) is 3.26. The highest BCUT2D eigenvalue weighted by molar-refractivity contribution is 5.17. The van der Waals surface area contributed by atoms with Crippen molar-refractivity contribution in [3.8, 4) is 0 Å². The first kappa shape index (κ1) is 17.5. The van der Waals surface area contributed by atoms with Gasteiger partial charge in [-0.15, -0.1) is 0 Å². The topological polar surface area (TPSA) is 93.7 Å². The zero-order valence-electron chi connectivity index (χ0n) is 13.9. The first-order valence-corrected chi connectivity index (χ1v) is 8.36. The Morgan fingerprint density at radius 2 is 2.12 bits per heavy atom. The fourth-order valence-electron chi connectivity index (χ4n) is 3.07. The molecule has 1 N–H and O–H groups in total. The van der Waals surface area contributed by atoms with E-state index in [0.29, 0.717) is 32.7 Å². The molecule has 1 aromatic heterocycles. The number of benzene rings is 1. The molecule has 25 heavy (non-hydrogen) atoms. The van der Waals surface area contributed by atoms with Gasteiger partial charge in [0.2, 0.25) is 0 Å². The molecule has 1 aliphatic heterocycles. The molecule has 1 fully saturated rings. The van der Waals surface area contributed by atoms with Gasteiger partial charge in [0.25, 0.3) is 0 Å². The minimum atomic E-state index is -0.541. The number of morpholine rings is 1. The summed E-state index contributed by atoms with van der Waals surface area (Å²) >= 11 is 0. The van der Waals surface area contributed by atoms with Crippen molar-refractivity contribution in [3.05, 3.63) is 58.3 Å². The molecule has 2 heterocycles. The average Bonchev–Trinajstić information content (AvgIpc) is 3.11. The molecule has 8 nitrogen and oxygen atoms in total. The summed E-state index contributed by atoms with van der Waals surface area (Å²) < 4.78 is 7.15. The van der Waals surface area contributed by atoms with Gasteiger partial charge in [0.1, 0.15) is 0 Å². The van der Waals surface area contributed by atoms with E-state index < -0.39 is 11.0 Å². The molecule has 1 aliphatic rings. The van der Waals surface area contributed by atoms with Crippen LogP contribution in [0.3, 0.4) is 0 Å². The van der Waals surface area contributed by atoms with Gasteiger partial charge in [-0.2, -0.15) is 4.68 Å². The van der Waals surface area contributed by atoms with E-state index in [-0.39, 0.29) is 11.9 Å². The lowest BCUT2D eigenvalue weighted by molar-refractivity contribution is -0.389. The Kier molecular flexibility index (Phi) is 5.75. The molecule has 1 aromatic carbocycles. The van der Waals surface area contributed by atoms with Crippen molar-refractivity contribution >= 4 is 5.82 Å². The molecule has 3 rings (SSSR count). The fourth-order valence-corrected chi connectivity index (χ4v) is 3.07.